The van der Waals surface area contributed by atoms with Gasteiger partial charge in [0.2, 0.25) is 5.91 Å². The van der Waals surface area contributed by atoms with Crippen LogP contribution in [0.5, 0.6) is 11.5 Å². The number of piperidine rings is 1. The Balaban J connectivity index is 0.000000641. The number of amides is 1. The summed E-state index contributed by atoms with van der Waals surface area (Å²) >= 11 is 0. The van der Waals surface area contributed by atoms with Gasteiger partial charge in [-0.1, -0.05) is 42.5 Å². The van der Waals surface area contributed by atoms with Gasteiger partial charge in [0, 0.05) is 31.1 Å². The predicted molar refractivity (Wildman–Crippen MR) is 130 cm³/mol. The van der Waals surface area contributed by atoms with E-state index in [0.29, 0.717) is 25.4 Å². The number of carbonyl (C=O) groups excluding carboxylic acids is 1. The normalized spacial score (nSPS) is 13.9. The Morgan fingerprint density at radius 1 is 0.971 bits per heavy atom. The van der Waals surface area contributed by atoms with E-state index in [-0.39, 0.29) is 17.6 Å². The first-order valence-corrected chi connectivity index (χ1v) is 11.7. The van der Waals surface area contributed by atoms with Gasteiger partial charge in [-0.15, -0.1) is 0 Å². The lowest BCUT2D eigenvalue weighted by molar-refractivity contribution is -0.159. The highest BCUT2D eigenvalue weighted by atomic mass is 16.5. The van der Waals surface area contributed by atoms with Crippen molar-refractivity contribution in [2.24, 2.45) is 5.92 Å². The minimum Gasteiger partial charge on any atom is -0.504 e. The van der Waals surface area contributed by atoms with E-state index in [9.17, 15) is 9.90 Å². The van der Waals surface area contributed by atoms with E-state index in [1.807, 2.05) is 49.1 Å². The van der Waals surface area contributed by atoms with Gasteiger partial charge in [0.25, 0.3) is 0 Å². The Hall–Kier alpha value is -3.59. The Kier molecular flexibility index (Phi) is 11.0. The number of aromatic hydroxyl groups is 1. The molecule has 0 aromatic heterocycles. The Morgan fingerprint density at radius 2 is 1.60 bits per heavy atom. The summed E-state index contributed by atoms with van der Waals surface area (Å²) < 4.78 is 5.48. The van der Waals surface area contributed by atoms with Crippen LogP contribution < -0.4 is 4.74 Å². The molecule has 3 N–H and O–H groups in total. The average Bonchev–Trinajstić information content (AvgIpc) is 2.86. The van der Waals surface area contributed by atoms with Gasteiger partial charge in [0.1, 0.15) is 0 Å². The molecule has 2 aromatic carbocycles. The smallest absolute Gasteiger partial charge is 0.414 e. The molecule has 2 aromatic rings. The van der Waals surface area contributed by atoms with E-state index >= 15 is 0 Å². The summed E-state index contributed by atoms with van der Waals surface area (Å²) in [5, 5.41) is 25.2. The first-order chi connectivity index (χ1) is 16.8. The van der Waals surface area contributed by atoms with Crippen molar-refractivity contribution < 1.29 is 34.4 Å². The van der Waals surface area contributed by atoms with E-state index in [0.717, 1.165) is 38.0 Å². The van der Waals surface area contributed by atoms with Crippen LogP contribution in [0.2, 0.25) is 0 Å². The second-order valence-electron chi connectivity index (χ2n) is 8.20. The Morgan fingerprint density at radius 3 is 2.14 bits per heavy atom. The monoisotopic (exact) mass is 486 g/mol. The van der Waals surface area contributed by atoms with Crippen molar-refractivity contribution in [3.63, 3.8) is 0 Å². The number of hydrogen-bond donors (Lipinski definition) is 3. The lowest BCUT2D eigenvalue weighted by atomic mass is 9.94. The molecule has 9 nitrogen and oxygen atoms in total. The maximum Gasteiger partial charge on any atom is 0.414 e. The highest BCUT2D eigenvalue weighted by molar-refractivity contribution is 6.27. The fourth-order valence-corrected chi connectivity index (χ4v) is 3.95. The summed E-state index contributed by atoms with van der Waals surface area (Å²) in [5.74, 6) is -2.54. The first-order valence-electron chi connectivity index (χ1n) is 11.7. The molecule has 9 heteroatoms. The van der Waals surface area contributed by atoms with Crippen LogP contribution in [-0.2, 0) is 27.5 Å². The van der Waals surface area contributed by atoms with E-state index in [1.165, 1.54) is 5.56 Å². The van der Waals surface area contributed by atoms with Crippen molar-refractivity contribution in [3.8, 4) is 11.5 Å². The SMILES string of the molecule is CCOc1cccc(CN2CCC(C(=O)N(CC)Cc3ccccc3)CC2)c1O.O=C(O)C(=O)O. The predicted octanol–water partition coefficient (Wildman–Crippen LogP) is 3.21. The molecular weight excluding hydrogens is 452 g/mol. The molecule has 0 spiro atoms. The van der Waals surface area contributed by atoms with Crippen LogP contribution in [0.4, 0.5) is 0 Å². The van der Waals surface area contributed by atoms with Gasteiger partial charge in [-0.3, -0.25) is 9.69 Å². The summed E-state index contributed by atoms with van der Waals surface area (Å²) in [6.07, 6.45) is 1.71. The maximum atomic E-state index is 13.0. The molecule has 0 atom stereocenters. The molecule has 1 aliphatic rings. The maximum absolute atomic E-state index is 13.0. The molecule has 1 heterocycles. The molecular formula is C26H34N2O7. The van der Waals surface area contributed by atoms with Crippen LogP contribution in [0.25, 0.3) is 0 Å². The number of nitrogens with zero attached hydrogens (tertiary/aromatic N) is 2. The highest BCUT2D eigenvalue weighted by Crippen LogP contribution is 2.31. The fourth-order valence-electron chi connectivity index (χ4n) is 3.95. The number of para-hydroxylation sites is 1. The van der Waals surface area contributed by atoms with Crippen molar-refractivity contribution in [1.82, 2.24) is 9.80 Å². The molecule has 190 valence electrons. The van der Waals surface area contributed by atoms with Gasteiger partial charge in [-0.05, 0) is 51.4 Å². The number of carboxylic acid groups (broad SMARTS) is 2. The largest absolute Gasteiger partial charge is 0.504 e. The topological polar surface area (TPSA) is 128 Å². The van der Waals surface area contributed by atoms with Gasteiger partial charge < -0.3 is 25.0 Å². The van der Waals surface area contributed by atoms with Crippen LogP contribution in [0.3, 0.4) is 0 Å². The lowest BCUT2D eigenvalue weighted by Gasteiger charge is -2.34. The number of phenols is 1. The van der Waals surface area contributed by atoms with E-state index < -0.39 is 11.9 Å². The number of benzene rings is 2. The van der Waals surface area contributed by atoms with E-state index in [2.05, 4.69) is 17.0 Å². The number of hydrogen-bond acceptors (Lipinski definition) is 6. The van der Waals surface area contributed by atoms with E-state index in [1.54, 1.807) is 6.07 Å². The number of aliphatic carboxylic acids is 2. The summed E-state index contributed by atoms with van der Waals surface area (Å²) in [7, 11) is 0. The molecule has 0 aliphatic carbocycles. The lowest BCUT2D eigenvalue weighted by Crippen LogP contribution is -2.42. The molecule has 0 bridgehead atoms. The fraction of sp³-hybridized carbons (Fsp3) is 0.423. The van der Waals surface area contributed by atoms with Crippen molar-refractivity contribution in [2.45, 2.75) is 39.8 Å². The Bertz CT molecular complexity index is 961. The van der Waals surface area contributed by atoms with Crippen LogP contribution >= 0.6 is 0 Å². The van der Waals surface area contributed by atoms with E-state index in [4.69, 9.17) is 24.5 Å². The van der Waals surface area contributed by atoms with Crippen molar-refractivity contribution >= 4 is 17.8 Å². The zero-order chi connectivity index (χ0) is 25.8. The number of likely N-dealkylation sites (tertiary alicyclic amines) is 1. The van der Waals surface area contributed by atoms with Crippen LogP contribution in [0.1, 0.15) is 37.8 Å². The van der Waals surface area contributed by atoms with Gasteiger partial charge in [0.05, 0.1) is 6.61 Å². The first kappa shape index (κ1) is 27.7. The number of carboxylic acids is 2. The average molecular weight is 487 g/mol. The number of ether oxygens (including phenoxy) is 1. The zero-order valence-electron chi connectivity index (χ0n) is 20.2. The minimum atomic E-state index is -1.82. The summed E-state index contributed by atoms with van der Waals surface area (Å²) in [5.41, 5.74) is 2.05. The number of phenolic OH excluding ortho intramolecular Hbond substituents is 1. The minimum absolute atomic E-state index is 0.0817. The van der Waals surface area contributed by atoms with Crippen LogP contribution in [0, 0.1) is 5.92 Å². The number of carbonyl (C=O) groups is 3. The molecule has 35 heavy (non-hydrogen) atoms. The summed E-state index contributed by atoms with van der Waals surface area (Å²) in [4.78, 5) is 35.5. The van der Waals surface area contributed by atoms with Gasteiger partial charge in [0.15, 0.2) is 11.5 Å². The summed E-state index contributed by atoms with van der Waals surface area (Å²) in [6.45, 7) is 8.28. The van der Waals surface area contributed by atoms with Gasteiger partial charge in [-0.25, -0.2) is 9.59 Å². The molecule has 1 saturated heterocycles. The van der Waals surface area contributed by atoms with Gasteiger partial charge >= 0.3 is 11.9 Å². The van der Waals surface area contributed by atoms with Crippen LogP contribution in [0.15, 0.2) is 48.5 Å². The molecule has 1 aliphatic heterocycles. The van der Waals surface area contributed by atoms with Crippen molar-refractivity contribution in [2.75, 3.05) is 26.2 Å². The third-order valence-electron chi connectivity index (χ3n) is 5.81. The third-order valence-corrected chi connectivity index (χ3v) is 5.81. The van der Waals surface area contributed by atoms with Crippen molar-refractivity contribution in [3.05, 3.63) is 59.7 Å². The quantitative estimate of drug-likeness (QED) is 0.486. The summed E-state index contributed by atoms with van der Waals surface area (Å²) in [6, 6.07) is 15.8. The molecule has 1 amide bonds. The van der Waals surface area contributed by atoms with Gasteiger partial charge in [-0.2, -0.15) is 0 Å². The molecule has 0 saturated carbocycles. The molecule has 1 fully saturated rings. The number of rotatable bonds is 8. The highest BCUT2D eigenvalue weighted by Gasteiger charge is 2.28. The third kappa shape index (κ3) is 8.60. The second kappa shape index (κ2) is 14.0. The molecule has 3 rings (SSSR count). The molecule has 0 unspecified atom stereocenters. The second-order valence-corrected chi connectivity index (χ2v) is 8.20. The zero-order valence-corrected chi connectivity index (χ0v) is 20.2. The standard InChI is InChI=1S/C24H32N2O3.C2H2O4/c1-3-26(17-19-9-6-5-7-10-19)24(28)20-13-15-25(16-14-20)18-21-11-8-12-22(23(21)27)29-4-2;3-1(4)2(5)6/h5-12,20,27H,3-4,13-18H2,1-2H3;(H,3,4)(H,5,6). The Labute approximate surface area is 205 Å². The van der Waals surface area contributed by atoms with Crippen molar-refractivity contribution in [1.29, 1.82) is 0 Å². The van der Waals surface area contributed by atoms with Crippen LogP contribution in [-0.4, -0.2) is 69.2 Å². The molecule has 0 radical (unpaired) electrons.